The molecule has 0 saturated heterocycles. The normalized spacial score (nSPS) is 13.8. The number of aromatic nitrogens is 1. The average molecular weight is 423 g/mol. The lowest BCUT2D eigenvalue weighted by Crippen LogP contribution is -2.27. The molecule has 0 radical (unpaired) electrons. The standard InChI is InChI=1S/C24H23F2N3O2/c1-3-28(15(2)30)17-9-7-16(8-10-17)23-21(14-27)20-12-11-19(31-24(25)26)13-22(20)29(23)18-5-4-6-18/h7-13,18,24H,3-6H2,1-2H3. The Labute approximate surface area is 179 Å². The van der Waals surface area contributed by atoms with Crippen molar-refractivity contribution in [3.63, 3.8) is 0 Å². The summed E-state index contributed by atoms with van der Waals surface area (Å²) in [4.78, 5) is 13.5. The first kappa shape index (κ1) is 20.9. The predicted octanol–water partition coefficient (Wildman–Crippen LogP) is 5.88. The Kier molecular flexibility index (Phi) is 5.64. The van der Waals surface area contributed by atoms with E-state index in [9.17, 15) is 18.8 Å². The molecule has 2 aromatic carbocycles. The van der Waals surface area contributed by atoms with Crippen LogP contribution in [0.3, 0.4) is 0 Å². The zero-order chi connectivity index (χ0) is 22.1. The molecule has 1 aromatic heterocycles. The van der Waals surface area contributed by atoms with Crippen LogP contribution < -0.4 is 9.64 Å². The summed E-state index contributed by atoms with van der Waals surface area (Å²) >= 11 is 0. The number of carbonyl (C=O) groups excluding carboxylic acids is 1. The zero-order valence-corrected chi connectivity index (χ0v) is 17.4. The number of ether oxygens (including phenoxy) is 1. The Morgan fingerprint density at radius 1 is 1.26 bits per heavy atom. The van der Waals surface area contributed by atoms with E-state index in [1.54, 1.807) is 17.0 Å². The summed E-state index contributed by atoms with van der Waals surface area (Å²) in [6.45, 7) is 1.10. The highest BCUT2D eigenvalue weighted by atomic mass is 19.3. The van der Waals surface area contributed by atoms with E-state index in [1.165, 1.54) is 13.0 Å². The number of anilines is 1. The number of halogens is 2. The lowest BCUT2D eigenvalue weighted by atomic mass is 9.92. The molecule has 0 aliphatic heterocycles. The van der Waals surface area contributed by atoms with Gasteiger partial charge >= 0.3 is 6.61 Å². The molecule has 160 valence electrons. The molecule has 1 aliphatic rings. The van der Waals surface area contributed by atoms with E-state index >= 15 is 0 Å². The monoisotopic (exact) mass is 423 g/mol. The van der Waals surface area contributed by atoms with Gasteiger partial charge in [0.1, 0.15) is 11.8 Å². The van der Waals surface area contributed by atoms with Gasteiger partial charge in [0.15, 0.2) is 0 Å². The quantitative estimate of drug-likeness (QED) is 0.498. The van der Waals surface area contributed by atoms with E-state index in [0.717, 1.165) is 41.7 Å². The predicted molar refractivity (Wildman–Crippen MR) is 115 cm³/mol. The van der Waals surface area contributed by atoms with Crippen molar-refractivity contribution in [2.24, 2.45) is 0 Å². The van der Waals surface area contributed by atoms with Gasteiger partial charge in [-0.1, -0.05) is 12.1 Å². The van der Waals surface area contributed by atoms with Crippen LogP contribution in [0.2, 0.25) is 0 Å². The van der Waals surface area contributed by atoms with E-state index in [2.05, 4.69) is 15.4 Å². The van der Waals surface area contributed by atoms with Crippen molar-refractivity contribution >= 4 is 22.5 Å². The smallest absolute Gasteiger partial charge is 0.387 e. The van der Waals surface area contributed by atoms with Crippen LogP contribution in [0.25, 0.3) is 22.2 Å². The van der Waals surface area contributed by atoms with Crippen LogP contribution in [-0.4, -0.2) is 23.6 Å². The first-order chi connectivity index (χ1) is 14.9. The fraction of sp³-hybridized carbons (Fsp3) is 0.333. The highest BCUT2D eigenvalue weighted by molar-refractivity contribution is 5.96. The van der Waals surface area contributed by atoms with Crippen molar-refractivity contribution in [2.45, 2.75) is 45.8 Å². The Bertz CT molecular complexity index is 1160. The number of hydrogen-bond donors (Lipinski definition) is 0. The van der Waals surface area contributed by atoms with Crippen LogP contribution in [0.1, 0.15) is 44.7 Å². The van der Waals surface area contributed by atoms with Crippen molar-refractivity contribution < 1.29 is 18.3 Å². The third-order valence-electron chi connectivity index (χ3n) is 5.90. The summed E-state index contributed by atoms with van der Waals surface area (Å²) in [5, 5.41) is 10.7. The van der Waals surface area contributed by atoms with Crippen LogP contribution in [-0.2, 0) is 4.79 Å². The molecule has 0 N–H and O–H groups in total. The molecule has 0 atom stereocenters. The minimum atomic E-state index is -2.91. The zero-order valence-electron chi connectivity index (χ0n) is 17.4. The number of rotatable bonds is 6. The molecule has 1 aliphatic carbocycles. The minimum Gasteiger partial charge on any atom is -0.435 e. The number of benzene rings is 2. The summed E-state index contributed by atoms with van der Waals surface area (Å²) < 4.78 is 32.2. The summed E-state index contributed by atoms with van der Waals surface area (Å²) in [6, 6.07) is 14.8. The molecular weight excluding hydrogens is 400 g/mol. The Morgan fingerprint density at radius 2 is 1.97 bits per heavy atom. The van der Waals surface area contributed by atoms with Crippen molar-refractivity contribution in [1.29, 1.82) is 5.26 Å². The van der Waals surface area contributed by atoms with Gasteiger partial charge in [-0.3, -0.25) is 4.79 Å². The maximum atomic E-state index is 12.8. The minimum absolute atomic E-state index is 0.0388. The molecule has 0 bridgehead atoms. The van der Waals surface area contributed by atoms with Gasteiger partial charge in [0.25, 0.3) is 0 Å². The van der Waals surface area contributed by atoms with Gasteiger partial charge in [-0.15, -0.1) is 0 Å². The Hall–Kier alpha value is -3.40. The van der Waals surface area contributed by atoms with Crippen LogP contribution in [0.15, 0.2) is 42.5 Å². The van der Waals surface area contributed by atoms with Gasteiger partial charge in [0, 0.05) is 36.7 Å². The fourth-order valence-electron chi connectivity index (χ4n) is 4.27. The molecule has 5 nitrogen and oxygen atoms in total. The molecule has 0 spiro atoms. The maximum Gasteiger partial charge on any atom is 0.387 e. The van der Waals surface area contributed by atoms with Gasteiger partial charge in [-0.05, 0) is 56.0 Å². The van der Waals surface area contributed by atoms with Crippen LogP contribution in [0, 0.1) is 11.3 Å². The molecule has 7 heteroatoms. The molecule has 3 aromatic rings. The van der Waals surface area contributed by atoms with Crippen LogP contribution in [0.5, 0.6) is 5.75 Å². The largest absolute Gasteiger partial charge is 0.435 e. The second kappa shape index (κ2) is 8.38. The molecular formula is C24H23F2N3O2. The number of carbonyl (C=O) groups is 1. The van der Waals surface area contributed by atoms with E-state index in [0.29, 0.717) is 17.5 Å². The molecule has 0 unspecified atom stereocenters. The lowest BCUT2D eigenvalue weighted by molar-refractivity contribution is -0.116. The van der Waals surface area contributed by atoms with Crippen molar-refractivity contribution in [3.05, 3.63) is 48.0 Å². The maximum absolute atomic E-state index is 12.8. The number of amides is 1. The Morgan fingerprint density at radius 3 is 2.48 bits per heavy atom. The Balaban J connectivity index is 1.88. The van der Waals surface area contributed by atoms with Crippen LogP contribution in [0.4, 0.5) is 14.5 Å². The van der Waals surface area contributed by atoms with Gasteiger partial charge in [0.05, 0.1) is 16.8 Å². The first-order valence-electron chi connectivity index (χ1n) is 10.4. The number of hydrogen-bond acceptors (Lipinski definition) is 3. The number of nitriles is 1. The number of nitrogens with zero attached hydrogens (tertiary/aromatic N) is 3. The first-order valence-corrected chi connectivity index (χ1v) is 10.4. The van der Waals surface area contributed by atoms with Gasteiger partial charge in [-0.2, -0.15) is 14.0 Å². The third kappa shape index (κ3) is 3.74. The number of alkyl halides is 2. The second-order valence-electron chi connectivity index (χ2n) is 7.66. The van der Waals surface area contributed by atoms with Crippen molar-refractivity contribution in [3.8, 4) is 23.1 Å². The molecule has 1 amide bonds. The average Bonchev–Trinajstić information content (AvgIpc) is 3.00. The van der Waals surface area contributed by atoms with Gasteiger partial charge < -0.3 is 14.2 Å². The molecule has 4 rings (SSSR count). The molecule has 1 fully saturated rings. The fourth-order valence-corrected chi connectivity index (χ4v) is 4.27. The second-order valence-corrected chi connectivity index (χ2v) is 7.66. The van der Waals surface area contributed by atoms with E-state index in [-0.39, 0.29) is 17.7 Å². The summed E-state index contributed by atoms with van der Waals surface area (Å²) in [5.74, 6) is 0.0371. The van der Waals surface area contributed by atoms with Gasteiger partial charge in [-0.25, -0.2) is 0 Å². The van der Waals surface area contributed by atoms with Gasteiger partial charge in [0.2, 0.25) is 5.91 Å². The summed E-state index contributed by atoms with van der Waals surface area (Å²) in [5.41, 5.74) is 3.64. The topological polar surface area (TPSA) is 58.3 Å². The highest BCUT2D eigenvalue weighted by Gasteiger charge is 2.28. The summed E-state index contributed by atoms with van der Waals surface area (Å²) in [7, 11) is 0. The lowest BCUT2D eigenvalue weighted by Gasteiger charge is -2.30. The van der Waals surface area contributed by atoms with E-state index < -0.39 is 6.61 Å². The van der Waals surface area contributed by atoms with Crippen molar-refractivity contribution in [1.82, 2.24) is 4.57 Å². The molecule has 1 heterocycles. The van der Waals surface area contributed by atoms with Crippen molar-refractivity contribution in [2.75, 3.05) is 11.4 Å². The molecule has 1 saturated carbocycles. The highest BCUT2D eigenvalue weighted by Crippen LogP contribution is 2.43. The third-order valence-corrected chi connectivity index (χ3v) is 5.90. The SMILES string of the molecule is CCN(C(C)=O)c1ccc(-c2c(C#N)c3ccc(OC(F)F)cc3n2C2CCC2)cc1. The van der Waals surface area contributed by atoms with E-state index in [4.69, 9.17) is 0 Å². The van der Waals surface area contributed by atoms with E-state index in [1.807, 2.05) is 31.2 Å². The number of fused-ring (bicyclic) bond motifs is 1. The van der Waals surface area contributed by atoms with Crippen LogP contribution >= 0.6 is 0 Å². The summed E-state index contributed by atoms with van der Waals surface area (Å²) in [6.07, 6.45) is 3.02. The molecule has 31 heavy (non-hydrogen) atoms.